The van der Waals surface area contributed by atoms with Crippen molar-refractivity contribution in [2.24, 2.45) is 56.7 Å². The summed E-state index contributed by atoms with van der Waals surface area (Å²) in [5.74, 6) is 3.35. The number of ether oxygens (including phenoxy) is 2. The highest BCUT2D eigenvalue weighted by Crippen LogP contribution is 2.76. The van der Waals surface area contributed by atoms with Crippen molar-refractivity contribution in [1.29, 1.82) is 0 Å². The molecule has 0 amide bonds. The van der Waals surface area contributed by atoms with Crippen LogP contribution in [0.2, 0.25) is 0 Å². The second kappa shape index (κ2) is 8.33. The van der Waals surface area contributed by atoms with Crippen molar-refractivity contribution in [3.8, 4) is 0 Å². The van der Waals surface area contributed by atoms with Gasteiger partial charge in [0.2, 0.25) is 0 Å². The normalized spacial score (nSPS) is 53.7. The van der Waals surface area contributed by atoms with Crippen LogP contribution in [0.25, 0.3) is 0 Å². The summed E-state index contributed by atoms with van der Waals surface area (Å²) in [6.45, 7) is 21.9. The van der Waals surface area contributed by atoms with E-state index in [9.17, 15) is 4.79 Å². The lowest BCUT2D eigenvalue weighted by Gasteiger charge is -2.74. The minimum atomic E-state index is -0.115. The summed E-state index contributed by atoms with van der Waals surface area (Å²) >= 11 is 0. The van der Waals surface area contributed by atoms with E-state index in [1.54, 1.807) is 12.5 Å². The molecule has 0 bridgehead atoms. The fourth-order valence-electron chi connectivity index (χ4n) is 12.0. The van der Waals surface area contributed by atoms with Crippen LogP contribution in [-0.2, 0) is 14.3 Å². The number of esters is 1. The van der Waals surface area contributed by atoms with Crippen LogP contribution in [0.1, 0.15) is 114 Å². The van der Waals surface area contributed by atoms with Crippen molar-refractivity contribution in [3.05, 3.63) is 11.6 Å². The van der Waals surface area contributed by atoms with Crippen LogP contribution in [0.5, 0.6) is 0 Å². The Hall–Kier alpha value is -0.830. The van der Waals surface area contributed by atoms with Gasteiger partial charge in [-0.15, -0.1) is 0 Å². The van der Waals surface area contributed by atoms with Gasteiger partial charge in [-0.3, -0.25) is 4.79 Å². The first-order valence-electron chi connectivity index (χ1n) is 15.0. The largest absolute Gasteiger partial charge is 0.462 e. The van der Waals surface area contributed by atoms with E-state index in [2.05, 4.69) is 61.5 Å². The Kier molecular flexibility index (Phi) is 6.19. The summed E-state index contributed by atoms with van der Waals surface area (Å²) in [7, 11) is 1.93. The van der Waals surface area contributed by atoms with Crippen molar-refractivity contribution in [2.75, 3.05) is 7.11 Å². The number of carbonyl (C=O) groups is 1. The average Bonchev–Trinajstić information content (AvgIpc) is 2.79. The molecule has 0 N–H and O–H groups in total. The molecule has 0 aromatic heterocycles. The second-order valence-corrected chi connectivity index (χ2v) is 15.5. The van der Waals surface area contributed by atoms with Crippen molar-refractivity contribution in [1.82, 2.24) is 0 Å². The zero-order valence-corrected chi connectivity index (χ0v) is 25.0. The van der Waals surface area contributed by atoms with E-state index in [0.29, 0.717) is 34.0 Å². The van der Waals surface area contributed by atoms with Crippen LogP contribution in [0.15, 0.2) is 11.6 Å². The molecule has 204 valence electrons. The molecule has 5 aliphatic carbocycles. The third-order valence-corrected chi connectivity index (χ3v) is 14.1. The number of hydrogen-bond acceptors (Lipinski definition) is 3. The molecule has 3 nitrogen and oxygen atoms in total. The molecule has 0 saturated heterocycles. The van der Waals surface area contributed by atoms with E-state index < -0.39 is 0 Å². The van der Waals surface area contributed by atoms with Gasteiger partial charge in [0.1, 0.15) is 6.10 Å². The molecule has 4 fully saturated rings. The van der Waals surface area contributed by atoms with Crippen molar-refractivity contribution in [3.63, 3.8) is 0 Å². The van der Waals surface area contributed by atoms with Gasteiger partial charge in [0.15, 0.2) is 0 Å². The van der Waals surface area contributed by atoms with Crippen LogP contribution >= 0.6 is 0 Å². The molecule has 5 rings (SSSR count). The average molecular weight is 499 g/mol. The topological polar surface area (TPSA) is 35.5 Å². The summed E-state index contributed by atoms with van der Waals surface area (Å²) in [6.07, 6.45) is 12.9. The SMILES string of the molecule is CO[C@H]1C=C(C)[C@@H](C)C2[C@H]3CC[C@@H]4[C@@]5(C)CC[C@H](OC(C)=O)C(C)(C)C5CC[C@@]4(C)[C@]3(C)CC[C@]21C. The van der Waals surface area contributed by atoms with Gasteiger partial charge < -0.3 is 9.47 Å². The first kappa shape index (κ1) is 26.8. The monoisotopic (exact) mass is 498 g/mol. The molecule has 2 unspecified atom stereocenters. The molecular weight excluding hydrogens is 444 g/mol. The second-order valence-electron chi connectivity index (χ2n) is 15.5. The molecule has 5 aliphatic rings. The third-order valence-electron chi connectivity index (χ3n) is 14.1. The maximum atomic E-state index is 11.9. The van der Waals surface area contributed by atoms with Crippen LogP contribution < -0.4 is 0 Å². The van der Waals surface area contributed by atoms with Crippen molar-refractivity contribution < 1.29 is 14.3 Å². The van der Waals surface area contributed by atoms with Gasteiger partial charge in [-0.2, -0.15) is 0 Å². The lowest BCUT2D eigenvalue weighted by Crippen LogP contribution is -2.68. The fourth-order valence-corrected chi connectivity index (χ4v) is 12.0. The van der Waals surface area contributed by atoms with Crippen molar-refractivity contribution in [2.45, 2.75) is 126 Å². The lowest BCUT2D eigenvalue weighted by atomic mass is 9.31. The molecule has 0 spiro atoms. The van der Waals surface area contributed by atoms with E-state index in [1.807, 2.05) is 7.11 Å². The van der Waals surface area contributed by atoms with Crippen molar-refractivity contribution >= 4 is 5.97 Å². The van der Waals surface area contributed by atoms with Gasteiger partial charge in [-0.05, 0) is 104 Å². The maximum Gasteiger partial charge on any atom is 0.302 e. The minimum absolute atomic E-state index is 0.0361. The zero-order chi connectivity index (χ0) is 26.5. The van der Waals surface area contributed by atoms with E-state index in [4.69, 9.17) is 9.47 Å². The first-order chi connectivity index (χ1) is 16.7. The Morgan fingerprint density at radius 1 is 0.861 bits per heavy atom. The molecule has 0 aliphatic heterocycles. The summed E-state index contributed by atoms with van der Waals surface area (Å²) < 4.78 is 12.1. The van der Waals surface area contributed by atoms with Gasteiger partial charge >= 0.3 is 5.97 Å². The standard InChI is InChI=1S/C33H54O3/c1-20-19-27(35-10)31(7)17-18-32(8)23(28(31)21(20)2)11-12-25-30(6)15-14-26(36-22(3)34)29(4,5)24(30)13-16-33(25,32)9/h19,21,23-28H,11-18H2,1-10H3/t21-,23-,24?,25-,26+,27+,28?,30+,31+,32-,33-/m1/s1. The zero-order valence-electron chi connectivity index (χ0n) is 25.0. The van der Waals surface area contributed by atoms with Gasteiger partial charge in [-0.25, -0.2) is 0 Å². The molecule has 36 heavy (non-hydrogen) atoms. The van der Waals surface area contributed by atoms with Crippen LogP contribution in [0.4, 0.5) is 0 Å². The van der Waals surface area contributed by atoms with Crippen LogP contribution in [0.3, 0.4) is 0 Å². The highest BCUT2D eigenvalue weighted by Gasteiger charge is 2.70. The lowest BCUT2D eigenvalue weighted by molar-refractivity contribution is -0.258. The number of methoxy groups -OCH3 is 1. The number of carbonyl (C=O) groups excluding carboxylic acids is 1. The number of fused-ring (bicyclic) bond motifs is 7. The first-order valence-corrected chi connectivity index (χ1v) is 15.0. The maximum absolute atomic E-state index is 11.9. The number of rotatable bonds is 2. The van der Waals surface area contributed by atoms with Gasteiger partial charge in [0, 0.05) is 24.9 Å². The smallest absolute Gasteiger partial charge is 0.302 e. The molecule has 4 saturated carbocycles. The molecule has 11 atom stereocenters. The summed E-state index contributed by atoms with van der Waals surface area (Å²) in [5, 5.41) is 0. The highest BCUT2D eigenvalue weighted by atomic mass is 16.5. The Morgan fingerprint density at radius 3 is 2.19 bits per heavy atom. The van der Waals surface area contributed by atoms with Gasteiger partial charge in [0.05, 0.1) is 6.10 Å². The molecule has 3 heteroatoms. The van der Waals surface area contributed by atoms with E-state index in [0.717, 1.165) is 18.3 Å². The molecule has 0 heterocycles. The van der Waals surface area contributed by atoms with Gasteiger partial charge in [0.25, 0.3) is 0 Å². The Morgan fingerprint density at radius 2 is 1.56 bits per heavy atom. The summed E-state index contributed by atoms with van der Waals surface area (Å²) in [4.78, 5) is 11.9. The number of allylic oxidation sites excluding steroid dienone is 1. The van der Waals surface area contributed by atoms with Crippen LogP contribution in [-0.4, -0.2) is 25.3 Å². The minimum Gasteiger partial charge on any atom is -0.462 e. The highest BCUT2D eigenvalue weighted by molar-refractivity contribution is 5.66. The van der Waals surface area contributed by atoms with Crippen LogP contribution in [0, 0.1) is 56.7 Å². The Balaban J connectivity index is 1.51. The third kappa shape index (κ3) is 3.29. The molecular formula is C33H54O3. The fraction of sp³-hybridized carbons (Fsp3) is 0.909. The Labute approximate surface area is 221 Å². The quantitative estimate of drug-likeness (QED) is 0.284. The van der Waals surface area contributed by atoms with Gasteiger partial charge in [-0.1, -0.05) is 60.1 Å². The molecule has 0 aromatic rings. The molecule has 0 radical (unpaired) electrons. The summed E-state index contributed by atoms with van der Waals surface area (Å²) in [5.41, 5.74) is 2.88. The predicted molar refractivity (Wildman–Crippen MR) is 146 cm³/mol. The predicted octanol–water partition coefficient (Wildman–Crippen LogP) is 8.22. The molecule has 0 aromatic carbocycles. The Bertz CT molecular complexity index is 935. The van der Waals surface area contributed by atoms with E-state index in [1.165, 1.54) is 44.9 Å². The summed E-state index contributed by atoms with van der Waals surface area (Å²) in [6, 6.07) is 0. The van der Waals surface area contributed by atoms with E-state index in [-0.39, 0.29) is 29.0 Å². The number of hydrogen-bond donors (Lipinski definition) is 0. The van der Waals surface area contributed by atoms with E-state index >= 15 is 0 Å².